The van der Waals surface area contributed by atoms with Crippen molar-refractivity contribution in [2.75, 3.05) is 26.2 Å². The molecule has 2 amide bonds. The minimum absolute atomic E-state index is 0.0605. The zero-order valence-electron chi connectivity index (χ0n) is 16.6. The van der Waals surface area contributed by atoms with Gasteiger partial charge < -0.3 is 19.5 Å². The van der Waals surface area contributed by atoms with Crippen molar-refractivity contribution in [3.05, 3.63) is 11.7 Å². The van der Waals surface area contributed by atoms with Crippen LogP contribution in [0.15, 0.2) is 4.52 Å². The van der Waals surface area contributed by atoms with Crippen molar-refractivity contribution in [3.63, 3.8) is 0 Å². The molecular formula is C20H32N4O3. The number of hydrogen-bond acceptors (Lipinski definition) is 5. The monoisotopic (exact) mass is 376 g/mol. The summed E-state index contributed by atoms with van der Waals surface area (Å²) in [6.45, 7) is 7.27. The molecule has 1 aromatic rings. The average Bonchev–Trinajstić information content (AvgIpc) is 3.40. The number of piperidine rings is 1. The molecule has 1 unspecified atom stereocenters. The van der Waals surface area contributed by atoms with Crippen molar-refractivity contribution >= 4 is 6.03 Å². The van der Waals surface area contributed by atoms with E-state index in [0.29, 0.717) is 17.8 Å². The average molecular weight is 377 g/mol. The zero-order chi connectivity index (χ0) is 18.9. The molecule has 3 fully saturated rings. The van der Waals surface area contributed by atoms with Crippen LogP contribution in [-0.4, -0.2) is 52.9 Å². The fourth-order valence-electron chi connectivity index (χ4n) is 4.28. The van der Waals surface area contributed by atoms with E-state index in [1.807, 2.05) is 4.90 Å². The maximum absolute atomic E-state index is 12.3. The molecule has 1 atom stereocenters. The van der Waals surface area contributed by atoms with Crippen molar-refractivity contribution in [1.29, 1.82) is 0 Å². The lowest BCUT2D eigenvalue weighted by atomic mass is 9.78. The van der Waals surface area contributed by atoms with Crippen LogP contribution in [0, 0.1) is 11.8 Å². The summed E-state index contributed by atoms with van der Waals surface area (Å²) >= 11 is 0. The van der Waals surface area contributed by atoms with Gasteiger partial charge in [-0.3, -0.25) is 0 Å². The molecule has 7 nitrogen and oxygen atoms in total. The Morgan fingerprint density at radius 3 is 2.78 bits per heavy atom. The molecule has 150 valence electrons. The van der Waals surface area contributed by atoms with Gasteiger partial charge in [-0.15, -0.1) is 0 Å². The van der Waals surface area contributed by atoms with Crippen LogP contribution in [0.5, 0.6) is 0 Å². The quantitative estimate of drug-likeness (QED) is 0.854. The maximum Gasteiger partial charge on any atom is 0.317 e. The highest BCUT2D eigenvalue weighted by molar-refractivity contribution is 5.74. The zero-order valence-corrected chi connectivity index (χ0v) is 16.6. The predicted octanol–water partition coefficient (Wildman–Crippen LogP) is 3.12. The number of likely N-dealkylation sites (tertiary alicyclic amines) is 1. The number of carbonyl (C=O) groups is 1. The van der Waals surface area contributed by atoms with E-state index in [1.54, 1.807) is 0 Å². The predicted molar refractivity (Wildman–Crippen MR) is 100 cm³/mol. The van der Waals surface area contributed by atoms with Gasteiger partial charge in [-0.25, -0.2) is 4.79 Å². The van der Waals surface area contributed by atoms with Crippen molar-refractivity contribution in [2.45, 2.75) is 70.3 Å². The Balaban J connectivity index is 1.28. The van der Waals surface area contributed by atoms with Crippen molar-refractivity contribution in [1.82, 2.24) is 20.4 Å². The molecule has 7 heteroatoms. The van der Waals surface area contributed by atoms with Crippen molar-refractivity contribution < 1.29 is 14.1 Å². The number of carbonyl (C=O) groups excluding carboxylic acids is 1. The number of rotatable bonds is 5. The molecule has 4 rings (SSSR count). The van der Waals surface area contributed by atoms with E-state index in [1.165, 1.54) is 12.8 Å². The Bertz CT molecular complexity index is 647. The topological polar surface area (TPSA) is 80.5 Å². The second-order valence-corrected chi connectivity index (χ2v) is 8.98. The normalized spacial score (nSPS) is 25.1. The summed E-state index contributed by atoms with van der Waals surface area (Å²) in [6, 6.07) is 0.0605. The van der Waals surface area contributed by atoms with E-state index in [9.17, 15) is 4.79 Å². The van der Waals surface area contributed by atoms with Gasteiger partial charge in [0.05, 0.1) is 5.60 Å². The highest BCUT2D eigenvalue weighted by atomic mass is 16.5. The highest BCUT2D eigenvalue weighted by Crippen LogP contribution is 2.40. The Morgan fingerprint density at radius 2 is 2.07 bits per heavy atom. The SMILES string of the molecule is CC(C)CNC(=O)N1CCC2(CC1)CC(Cc1noc(C3CC3)n1)CCO2. The van der Waals surface area contributed by atoms with Crippen LogP contribution in [0.1, 0.15) is 70.0 Å². The summed E-state index contributed by atoms with van der Waals surface area (Å²) in [6.07, 6.45) is 7.15. The lowest BCUT2D eigenvalue weighted by Crippen LogP contribution is -2.53. The molecule has 27 heavy (non-hydrogen) atoms. The Kier molecular flexibility index (Phi) is 5.39. The molecule has 1 N–H and O–H groups in total. The standard InChI is InChI=1S/C20H32N4O3/c1-14(2)13-21-19(25)24-8-6-20(7-9-24)12-15(5-10-26-20)11-17-22-18(27-23-17)16-3-4-16/h14-16H,3-13H2,1-2H3,(H,21,25). The molecule has 1 aliphatic carbocycles. The second-order valence-electron chi connectivity index (χ2n) is 8.98. The minimum Gasteiger partial charge on any atom is -0.375 e. The van der Waals surface area contributed by atoms with Gasteiger partial charge in [-0.05, 0) is 50.4 Å². The van der Waals surface area contributed by atoms with Gasteiger partial charge in [0, 0.05) is 38.6 Å². The molecular weight excluding hydrogens is 344 g/mol. The van der Waals surface area contributed by atoms with Gasteiger partial charge in [-0.1, -0.05) is 19.0 Å². The summed E-state index contributed by atoms with van der Waals surface area (Å²) in [5.74, 6) is 3.19. The molecule has 3 heterocycles. The molecule has 3 aliphatic rings. The van der Waals surface area contributed by atoms with Gasteiger partial charge in [0.15, 0.2) is 5.82 Å². The Labute approximate surface area is 161 Å². The van der Waals surface area contributed by atoms with Crippen LogP contribution in [-0.2, 0) is 11.2 Å². The van der Waals surface area contributed by atoms with Gasteiger partial charge >= 0.3 is 6.03 Å². The summed E-state index contributed by atoms with van der Waals surface area (Å²) < 4.78 is 11.6. The van der Waals surface area contributed by atoms with Crippen LogP contribution in [0.25, 0.3) is 0 Å². The van der Waals surface area contributed by atoms with Crippen molar-refractivity contribution in [3.8, 4) is 0 Å². The summed E-state index contributed by atoms with van der Waals surface area (Å²) in [5.41, 5.74) is -0.0825. The molecule has 0 radical (unpaired) electrons. The third-order valence-corrected chi connectivity index (χ3v) is 6.10. The highest BCUT2D eigenvalue weighted by Gasteiger charge is 2.41. The van der Waals surface area contributed by atoms with E-state index in [2.05, 4.69) is 29.3 Å². The first kappa shape index (κ1) is 18.7. The van der Waals surface area contributed by atoms with E-state index >= 15 is 0 Å². The second kappa shape index (κ2) is 7.78. The summed E-state index contributed by atoms with van der Waals surface area (Å²) in [4.78, 5) is 18.8. The van der Waals surface area contributed by atoms with Gasteiger partial charge in [0.25, 0.3) is 0 Å². The summed E-state index contributed by atoms with van der Waals surface area (Å²) in [7, 11) is 0. The Morgan fingerprint density at radius 1 is 1.30 bits per heavy atom. The molecule has 1 spiro atoms. The van der Waals surface area contributed by atoms with Gasteiger partial charge in [0.1, 0.15) is 0 Å². The summed E-state index contributed by atoms with van der Waals surface area (Å²) in [5, 5.41) is 7.21. The maximum atomic E-state index is 12.3. The van der Waals surface area contributed by atoms with Crippen molar-refractivity contribution in [2.24, 2.45) is 11.8 Å². The largest absolute Gasteiger partial charge is 0.375 e. The molecule has 0 aromatic carbocycles. The Hall–Kier alpha value is -1.63. The number of nitrogens with one attached hydrogen (secondary N) is 1. The minimum atomic E-state index is -0.0825. The van der Waals surface area contributed by atoms with Crippen LogP contribution in [0.4, 0.5) is 4.79 Å². The van der Waals surface area contributed by atoms with E-state index in [-0.39, 0.29) is 11.6 Å². The first-order valence-electron chi connectivity index (χ1n) is 10.5. The van der Waals surface area contributed by atoms with Crippen LogP contribution in [0.3, 0.4) is 0 Å². The van der Waals surface area contributed by atoms with E-state index in [0.717, 1.165) is 70.1 Å². The molecule has 2 saturated heterocycles. The number of aromatic nitrogens is 2. The molecule has 0 bridgehead atoms. The first-order valence-corrected chi connectivity index (χ1v) is 10.5. The lowest BCUT2D eigenvalue weighted by Gasteiger charge is -2.46. The first-order chi connectivity index (χ1) is 13.0. The molecule has 2 aliphatic heterocycles. The smallest absolute Gasteiger partial charge is 0.317 e. The number of urea groups is 1. The van der Waals surface area contributed by atoms with Gasteiger partial charge in [0.2, 0.25) is 5.89 Å². The fourth-order valence-corrected chi connectivity index (χ4v) is 4.28. The number of ether oxygens (including phenoxy) is 1. The van der Waals surface area contributed by atoms with Crippen LogP contribution >= 0.6 is 0 Å². The van der Waals surface area contributed by atoms with Crippen LogP contribution < -0.4 is 5.32 Å². The number of amides is 2. The lowest BCUT2D eigenvalue weighted by molar-refractivity contribution is -0.123. The van der Waals surface area contributed by atoms with Crippen LogP contribution in [0.2, 0.25) is 0 Å². The third kappa shape index (κ3) is 4.62. The fraction of sp³-hybridized carbons (Fsp3) is 0.850. The van der Waals surface area contributed by atoms with E-state index in [4.69, 9.17) is 9.26 Å². The molecule has 1 aromatic heterocycles. The number of nitrogens with zero attached hydrogens (tertiary/aromatic N) is 3. The molecule has 1 saturated carbocycles. The van der Waals surface area contributed by atoms with E-state index < -0.39 is 0 Å². The van der Waals surface area contributed by atoms with Gasteiger partial charge in [-0.2, -0.15) is 4.98 Å². The third-order valence-electron chi connectivity index (χ3n) is 6.10. The number of hydrogen-bond donors (Lipinski definition) is 1.